The summed E-state index contributed by atoms with van der Waals surface area (Å²) in [7, 11) is 0. The Hall–Kier alpha value is -2.09. The summed E-state index contributed by atoms with van der Waals surface area (Å²) in [4.78, 5) is 0. The molecule has 0 aliphatic rings. The topological polar surface area (TPSA) is 56.0 Å². The molecule has 0 radical (unpaired) electrons. The molecular formula is C15H12ClFN2O. The Morgan fingerprint density at radius 1 is 1.25 bits per heavy atom. The molecule has 2 N–H and O–H groups in total. The highest BCUT2D eigenvalue weighted by molar-refractivity contribution is 6.30. The fourth-order valence-corrected chi connectivity index (χ4v) is 2.00. The maximum atomic E-state index is 13.5. The maximum Gasteiger partial charge on any atom is 0.143 e. The number of hydrogen-bond donors (Lipinski definition) is 2. The van der Waals surface area contributed by atoms with Crippen LogP contribution in [0.5, 0.6) is 0 Å². The summed E-state index contributed by atoms with van der Waals surface area (Å²) in [5, 5.41) is 22.0. The maximum absolute atomic E-state index is 13.5. The van der Waals surface area contributed by atoms with Crippen molar-refractivity contribution in [3.8, 4) is 6.07 Å². The summed E-state index contributed by atoms with van der Waals surface area (Å²) >= 11 is 5.81. The van der Waals surface area contributed by atoms with Gasteiger partial charge in [0.2, 0.25) is 0 Å². The van der Waals surface area contributed by atoms with E-state index < -0.39 is 11.9 Å². The average molecular weight is 291 g/mol. The molecule has 1 atom stereocenters. The van der Waals surface area contributed by atoms with Crippen molar-refractivity contribution < 1.29 is 9.50 Å². The van der Waals surface area contributed by atoms with Gasteiger partial charge in [-0.25, -0.2) is 4.39 Å². The molecule has 0 saturated carbocycles. The van der Waals surface area contributed by atoms with Gasteiger partial charge >= 0.3 is 0 Å². The summed E-state index contributed by atoms with van der Waals surface area (Å²) in [5.41, 5.74) is 1.08. The lowest BCUT2D eigenvalue weighted by Crippen LogP contribution is -2.15. The van der Waals surface area contributed by atoms with Crippen molar-refractivity contribution in [3.05, 3.63) is 64.4 Å². The SMILES string of the molecule is N#Cc1c(F)cccc1NC(CO)c1ccc(Cl)cc1. The highest BCUT2D eigenvalue weighted by atomic mass is 35.5. The first-order valence-electron chi connectivity index (χ1n) is 5.97. The zero-order chi connectivity index (χ0) is 14.5. The van der Waals surface area contributed by atoms with Crippen molar-refractivity contribution in [2.45, 2.75) is 6.04 Å². The third-order valence-corrected chi connectivity index (χ3v) is 3.16. The van der Waals surface area contributed by atoms with Gasteiger partial charge in [0.25, 0.3) is 0 Å². The van der Waals surface area contributed by atoms with Crippen LogP contribution in [0.4, 0.5) is 10.1 Å². The Morgan fingerprint density at radius 2 is 1.95 bits per heavy atom. The first-order valence-corrected chi connectivity index (χ1v) is 6.35. The molecule has 2 rings (SSSR count). The van der Waals surface area contributed by atoms with Gasteiger partial charge in [-0.3, -0.25) is 0 Å². The quantitative estimate of drug-likeness (QED) is 0.906. The van der Waals surface area contributed by atoms with Crippen molar-refractivity contribution >= 4 is 17.3 Å². The second kappa shape index (κ2) is 6.38. The van der Waals surface area contributed by atoms with Crippen LogP contribution in [-0.4, -0.2) is 11.7 Å². The summed E-state index contributed by atoms with van der Waals surface area (Å²) in [6.07, 6.45) is 0. The minimum absolute atomic E-state index is 0.0695. The molecule has 20 heavy (non-hydrogen) atoms. The van der Waals surface area contributed by atoms with Crippen molar-refractivity contribution in [2.75, 3.05) is 11.9 Å². The van der Waals surface area contributed by atoms with Crippen LogP contribution in [0.15, 0.2) is 42.5 Å². The van der Waals surface area contributed by atoms with Crippen molar-refractivity contribution in [2.24, 2.45) is 0 Å². The molecule has 0 heterocycles. The first-order chi connectivity index (χ1) is 9.65. The van der Waals surface area contributed by atoms with E-state index in [-0.39, 0.29) is 12.2 Å². The summed E-state index contributed by atoms with van der Waals surface area (Å²) in [6.45, 7) is -0.191. The molecule has 0 spiro atoms. The molecule has 2 aromatic rings. The molecule has 0 aliphatic heterocycles. The van der Waals surface area contributed by atoms with Crippen LogP contribution < -0.4 is 5.32 Å². The van der Waals surface area contributed by atoms with Gasteiger partial charge < -0.3 is 10.4 Å². The van der Waals surface area contributed by atoms with Crippen LogP contribution in [0.25, 0.3) is 0 Å². The highest BCUT2D eigenvalue weighted by Crippen LogP contribution is 2.24. The third-order valence-electron chi connectivity index (χ3n) is 2.91. The average Bonchev–Trinajstić information content (AvgIpc) is 2.46. The van der Waals surface area contributed by atoms with Gasteiger partial charge in [0, 0.05) is 5.02 Å². The first kappa shape index (κ1) is 14.3. The van der Waals surface area contributed by atoms with Crippen LogP contribution >= 0.6 is 11.6 Å². The van der Waals surface area contributed by atoms with Crippen LogP contribution in [0, 0.1) is 17.1 Å². The molecule has 5 heteroatoms. The standard InChI is InChI=1S/C15H12ClFN2O/c16-11-6-4-10(5-7-11)15(9-20)19-14-3-1-2-13(17)12(14)8-18/h1-7,15,19-20H,9H2. The molecule has 102 valence electrons. The molecule has 1 unspecified atom stereocenters. The highest BCUT2D eigenvalue weighted by Gasteiger charge is 2.14. The molecule has 0 amide bonds. The van der Waals surface area contributed by atoms with Gasteiger partial charge in [0.1, 0.15) is 17.4 Å². The minimum Gasteiger partial charge on any atom is -0.394 e. The normalized spacial score (nSPS) is 11.7. The Balaban J connectivity index is 2.30. The number of benzene rings is 2. The zero-order valence-electron chi connectivity index (χ0n) is 10.5. The molecular weight excluding hydrogens is 279 g/mol. The second-order valence-corrected chi connectivity index (χ2v) is 4.64. The molecule has 2 aromatic carbocycles. The smallest absolute Gasteiger partial charge is 0.143 e. The number of rotatable bonds is 4. The number of anilines is 1. The van der Waals surface area contributed by atoms with Gasteiger partial charge in [0.05, 0.1) is 18.3 Å². The van der Waals surface area contributed by atoms with E-state index >= 15 is 0 Å². The molecule has 0 fully saturated rings. The number of aliphatic hydroxyl groups is 1. The Morgan fingerprint density at radius 3 is 2.55 bits per heavy atom. The lowest BCUT2D eigenvalue weighted by molar-refractivity contribution is 0.276. The number of aliphatic hydroxyl groups excluding tert-OH is 1. The molecule has 0 bridgehead atoms. The summed E-state index contributed by atoms with van der Waals surface area (Å²) < 4.78 is 13.5. The molecule has 0 saturated heterocycles. The van der Waals surface area contributed by atoms with E-state index in [1.54, 1.807) is 30.3 Å². The summed E-state index contributed by atoms with van der Waals surface area (Å²) in [6, 6.07) is 12.6. The van der Waals surface area contributed by atoms with Crippen molar-refractivity contribution in [1.29, 1.82) is 5.26 Å². The fourth-order valence-electron chi connectivity index (χ4n) is 1.88. The molecule has 0 aromatic heterocycles. The van der Waals surface area contributed by atoms with E-state index in [9.17, 15) is 9.50 Å². The largest absolute Gasteiger partial charge is 0.394 e. The zero-order valence-corrected chi connectivity index (χ0v) is 11.2. The molecule has 3 nitrogen and oxygen atoms in total. The van der Waals surface area contributed by atoms with E-state index in [0.717, 1.165) is 5.56 Å². The third kappa shape index (κ3) is 3.08. The number of hydrogen-bond acceptors (Lipinski definition) is 3. The van der Waals surface area contributed by atoms with E-state index in [1.807, 2.05) is 6.07 Å². The predicted octanol–water partition coefficient (Wildman–Crippen LogP) is 3.50. The fraction of sp³-hybridized carbons (Fsp3) is 0.133. The van der Waals surface area contributed by atoms with Gasteiger partial charge in [-0.2, -0.15) is 5.26 Å². The van der Waals surface area contributed by atoms with Crippen LogP contribution in [0.1, 0.15) is 17.2 Å². The van der Waals surface area contributed by atoms with Gasteiger partial charge in [0.15, 0.2) is 0 Å². The summed E-state index contributed by atoms with van der Waals surface area (Å²) in [5.74, 6) is -0.592. The van der Waals surface area contributed by atoms with E-state index in [0.29, 0.717) is 10.7 Å². The van der Waals surface area contributed by atoms with E-state index in [2.05, 4.69) is 5.32 Å². The number of nitrogens with zero attached hydrogens (tertiary/aromatic N) is 1. The van der Waals surface area contributed by atoms with Crippen molar-refractivity contribution in [1.82, 2.24) is 0 Å². The van der Waals surface area contributed by atoms with E-state index in [4.69, 9.17) is 16.9 Å². The van der Waals surface area contributed by atoms with Crippen LogP contribution in [0.2, 0.25) is 5.02 Å². The Bertz CT molecular complexity index is 637. The predicted molar refractivity (Wildman–Crippen MR) is 76.0 cm³/mol. The van der Waals surface area contributed by atoms with Crippen LogP contribution in [-0.2, 0) is 0 Å². The van der Waals surface area contributed by atoms with Crippen molar-refractivity contribution in [3.63, 3.8) is 0 Å². The van der Waals surface area contributed by atoms with Gasteiger partial charge in [-0.15, -0.1) is 0 Å². The second-order valence-electron chi connectivity index (χ2n) is 4.21. The Labute approximate surface area is 121 Å². The molecule has 0 aliphatic carbocycles. The Kier molecular flexibility index (Phi) is 4.57. The van der Waals surface area contributed by atoms with Gasteiger partial charge in [-0.1, -0.05) is 29.8 Å². The van der Waals surface area contributed by atoms with E-state index in [1.165, 1.54) is 12.1 Å². The van der Waals surface area contributed by atoms with Gasteiger partial charge in [-0.05, 0) is 29.8 Å². The number of nitriles is 1. The minimum atomic E-state index is -0.592. The monoisotopic (exact) mass is 290 g/mol. The number of halogens is 2. The lowest BCUT2D eigenvalue weighted by atomic mass is 10.1. The van der Waals surface area contributed by atoms with Crippen LogP contribution in [0.3, 0.4) is 0 Å². The number of nitrogens with one attached hydrogen (secondary N) is 1. The lowest BCUT2D eigenvalue weighted by Gasteiger charge is -2.19.